The molecule has 0 heterocycles. The first-order valence-corrected chi connectivity index (χ1v) is 1.90. The number of carboxylic acids is 1. The Morgan fingerprint density at radius 3 is 1.75 bits per heavy atom. The first kappa shape index (κ1) is 11.8. The van der Waals surface area contributed by atoms with Crippen LogP contribution in [-0.4, -0.2) is 70.7 Å². The third-order valence-corrected chi connectivity index (χ3v) is 0.523. The van der Waals surface area contributed by atoms with E-state index in [0.717, 1.165) is 0 Å². The van der Waals surface area contributed by atoms with Crippen LogP contribution in [0.1, 0.15) is 16.7 Å². The van der Waals surface area contributed by atoms with Crippen molar-refractivity contribution in [2.75, 3.05) is 0 Å². The second kappa shape index (κ2) is 3.92. The Bertz CT molecular complexity index is 91.0. The Morgan fingerprint density at radius 2 is 1.75 bits per heavy atom. The Labute approximate surface area is 91.1 Å². The quantitative estimate of drug-likeness (QED) is 0.621. The normalized spacial score (nSPS) is 9.88. The van der Waals surface area contributed by atoms with E-state index in [1.54, 1.807) is 0 Å². The summed E-state index contributed by atoms with van der Waals surface area (Å²) >= 11 is 0. The summed E-state index contributed by atoms with van der Waals surface area (Å²) in [5.74, 6) is -1.20. The minimum absolute atomic E-state index is 0. The van der Waals surface area contributed by atoms with E-state index in [9.17, 15) is 4.79 Å². The SMILES string of the molecule is CC(C)(O)C(=O)O.[Ba+2].[H-].[H-]. The van der Waals surface area contributed by atoms with Gasteiger partial charge in [0.15, 0.2) is 5.60 Å². The summed E-state index contributed by atoms with van der Waals surface area (Å²) in [6.07, 6.45) is 0. The molecule has 0 saturated carbocycles. The summed E-state index contributed by atoms with van der Waals surface area (Å²) in [6.45, 7) is 2.44. The number of carbonyl (C=O) groups is 1. The van der Waals surface area contributed by atoms with E-state index in [4.69, 9.17) is 10.2 Å². The molecule has 0 aliphatic heterocycles. The van der Waals surface area contributed by atoms with E-state index in [1.165, 1.54) is 13.8 Å². The number of rotatable bonds is 1. The predicted octanol–water partition coefficient (Wildman–Crippen LogP) is -0.314. The summed E-state index contributed by atoms with van der Waals surface area (Å²) in [5.41, 5.74) is -1.58. The van der Waals surface area contributed by atoms with Crippen LogP contribution in [0.4, 0.5) is 0 Å². The molecule has 4 heteroatoms. The predicted molar refractivity (Wildman–Crippen MR) is 31.9 cm³/mol. The average Bonchev–Trinajstić information content (AvgIpc) is 1.31. The zero-order chi connectivity index (χ0) is 6.08. The van der Waals surface area contributed by atoms with Crippen molar-refractivity contribution >= 4 is 54.9 Å². The fourth-order valence-electron chi connectivity index (χ4n) is 0. The molecule has 46 valence electrons. The number of aliphatic hydroxyl groups is 1. The van der Waals surface area contributed by atoms with E-state index in [0.29, 0.717) is 0 Å². The Balaban J connectivity index is -0.0000000600. The first-order chi connectivity index (χ1) is 2.94. The van der Waals surface area contributed by atoms with Crippen LogP contribution in [0.2, 0.25) is 0 Å². The van der Waals surface area contributed by atoms with E-state index in [1.807, 2.05) is 0 Å². The van der Waals surface area contributed by atoms with Gasteiger partial charge in [0.1, 0.15) is 0 Å². The monoisotopic (exact) mass is 244 g/mol. The van der Waals surface area contributed by atoms with Gasteiger partial charge in [-0.15, -0.1) is 0 Å². The summed E-state index contributed by atoms with van der Waals surface area (Å²) < 4.78 is 0. The molecule has 0 bridgehead atoms. The zero-order valence-electron chi connectivity index (χ0n) is 7.01. The van der Waals surface area contributed by atoms with Gasteiger partial charge in [0.2, 0.25) is 0 Å². The largest absolute Gasteiger partial charge is 2.00 e. The smallest absolute Gasteiger partial charge is 1.00 e. The Hall–Kier alpha value is 1.00. The minimum Gasteiger partial charge on any atom is -1.00 e. The van der Waals surface area contributed by atoms with Crippen LogP contribution in [0, 0.1) is 0 Å². The molecule has 0 saturated heterocycles. The van der Waals surface area contributed by atoms with E-state index < -0.39 is 11.6 Å². The Kier molecular flexibility index (Phi) is 5.76. The van der Waals surface area contributed by atoms with Crippen LogP contribution in [0.25, 0.3) is 0 Å². The molecule has 2 N–H and O–H groups in total. The van der Waals surface area contributed by atoms with E-state index in [-0.39, 0.29) is 51.7 Å². The molecule has 0 rings (SSSR count). The van der Waals surface area contributed by atoms with Gasteiger partial charge in [0, 0.05) is 0 Å². The van der Waals surface area contributed by atoms with Gasteiger partial charge in [-0.05, 0) is 13.8 Å². The molecule has 0 radical (unpaired) electrons. The van der Waals surface area contributed by atoms with Crippen molar-refractivity contribution in [3.8, 4) is 0 Å². The third-order valence-electron chi connectivity index (χ3n) is 0.523. The molecule has 8 heavy (non-hydrogen) atoms. The summed E-state index contributed by atoms with van der Waals surface area (Å²) in [6, 6.07) is 0. The molecule has 0 aromatic rings. The molecule has 0 aliphatic carbocycles. The maximum atomic E-state index is 9.77. The van der Waals surface area contributed by atoms with Gasteiger partial charge < -0.3 is 13.1 Å². The van der Waals surface area contributed by atoms with E-state index in [2.05, 4.69) is 0 Å². The van der Waals surface area contributed by atoms with Crippen molar-refractivity contribution in [1.82, 2.24) is 0 Å². The summed E-state index contributed by atoms with van der Waals surface area (Å²) in [5, 5.41) is 16.5. The molecular formula is C4H10BaO3. The number of hydrogen-bond donors (Lipinski definition) is 2. The van der Waals surface area contributed by atoms with Gasteiger partial charge in [0.25, 0.3) is 0 Å². The summed E-state index contributed by atoms with van der Waals surface area (Å²) in [7, 11) is 0. The van der Waals surface area contributed by atoms with Crippen molar-refractivity contribution in [3.63, 3.8) is 0 Å². The first-order valence-electron chi connectivity index (χ1n) is 1.90. The van der Waals surface area contributed by atoms with Crippen molar-refractivity contribution in [1.29, 1.82) is 0 Å². The fraction of sp³-hybridized carbons (Fsp3) is 0.750. The van der Waals surface area contributed by atoms with Crippen molar-refractivity contribution in [3.05, 3.63) is 0 Å². The minimum atomic E-state index is -1.58. The molecule has 0 fully saturated rings. The molecule has 3 nitrogen and oxygen atoms in total. The molecule has 0 aliphatic rings. The van der Waals surface area contributed by atoms with Crippen LogP contribution in [0.5, 0.6) is 0 Å². The fourth-order valence-corrected chi connectivity index (χ4v) is 0. The second-order valence-electron chi connectivity index (χ2n) is 1.86. The molecule has 0 aromatic heterocycles. The Morgan fingerprint density at radius 1 is 1.62 bits per heavy atom. The standard InChI is InChI=1S/C4H8O3.Ba.2H/c1-4(2,7)3(5)6;;;/h7H,1-2H3,(H,5,6);;;/q;+2;2*-1. The van der Waals surface area contributed by atoms with Crippen LogP contribution in [0.3, 0.4) is 0 Å². The molecule has 0 spiro atoms. The van der Waals surface area contributed by atoms with Crippen LogP contribution in [0.15, 0.2) is 0 Å². The van der Waals surface area contributed by atoms with Crippen LogP contribution >= 0.6 is 0 Å². The van der Waals surface area contributed by atoms with Crippen molar-refractivity contribution in [2.24, 2.45) is 0 Å². The number of aliphatic carboxylic acids is 1. The van der Waals surface area contributed by atoms with Crippen molar-refractivity contribution < 1.29 is 17.9 Å². The average molecular weight is 243 g/mol. The van der Waals surface area contributed by atoms with Crippen molar-refractivity contribution in [2.45, 2.75) is 19.4 Å². The molecule has 0 atom stereocenters. The second-order valence-corrected chi connectivity index (χ2v) is 1.86. The summed E-state index contributed by atoms with van der Waals surface area (Å²) in [4.78, 5) is 9.77. The maximum absolute atomic E-state index is 9.77. The molecule has 0 unspecified atom stereocenters. The van der Waals surface area contributed by atoms with Gasteiger partial charge in [-0.2, -0.15) is 0 Å². The molecule has 0 amide bonds. The zero-order valence-corrected chi connectivity index (χ0v) is 9.45. The van der Waals surface area contributed by atoms with Gasteiger partial charge in [-0.1, -0.05) is 0 Å². The molecular weight excluding hydrogens is 233 g/mol. The third kappa shape index (κ3) is 5.14. The maximum Gasteiger partial charge on any atom is 2.00 e. The van der Waals surface area contributed by atoms with E-state index >= 15 is 0 Å². The van der Waals surface area contributed by atoms with Gasteiger partial charge in [0.05, 0.1) is 0 Å². The number of hydrogen-bond acceptors (Lipinski definition) is 2. The van der Waals surface area contributed by atoms with Gasteiger partial charge >= 0.3 is 54.9 Å². The van der Waals surface area contributed by atoms with Gasteiger partial charge in [-0.3, -0.25) is 0 Å². The van der Waals surface area contributed by atoms with Gasteiger partial charge in [-0.25, -0.2) is 4.79 Å². The van der Waals surface area contributed by atoms with Crippen LogP contribution in [-0.2, 0) is 4.79 Å². The topological polar surface area (TPSA) is 57.5 Å². The number of carboxylic acid groups (broad SMARTS) is 1. The molecule has 0 aromatic carbocycles. The van der Waals surface area contributed by atoms with Crippen LogP contribution < -0.4 is 0 Å².